The van der Waals surface area contributed by atoms with E-state index in [1.165, 1.54) is 85.6 Å². The van der Waals surface area contributed by atoms with Crippen molar-refractivity contribution in [2.45, 2.75) is 85.0 Å². The van der Waals surface area contributed by atoms with Gasteiger partial charge in [0.25, 0.3) is 0 Å². The third kappa shape index (κ3) is 9.65. The lowest BCUT2D eigenvalue weighted by atomic mass is 9.92. The minimum atomic E-state index is 0.703. The van der Waals surface area contributed by atoms with Crippen LogP contribution in [0.5, 0.6) is 0 Å². The molecule has 0 heterocycles. The summed E-state index contributed by atoms with van der Waals surface area (Å²) < 4.78 is 0. The van der Waals surface area contributed by atoms with Crippen LogP contribution in [0.15, 0.2) is 60.7 Å². The van der Waals surface area contributed by atoms with E-state index in [9.17, 15) is 4.79 Å². The first-order chi connectivity index (χ1) is 18.1. The minimum absolute atomic E-state index is 0.703. The largest absolute Gasteiger partial charge is 0.298 e. The molecule has 0 spiro atoms. The Kier molecular flexibility index (Phi) is 12.1. The first kappa shape index (κ1) is 28.4. The lowest BCUT2D eigenvalue weighted by Crippen LogP contribution is -1.97. The molecule has 0 saturated carbocycles. The SMILES string of the molecule is CCCCCCc1cc(/C=C/c2ccc(/C=C/c3ccc(C=O)cc3)cc2)c(CCCCCC)cc1C. The molecule has 37 heavy (non-hydrogen) atoms. The third-order valence-corrected chi connectivity index (χ3v) is 7.13. The normalized spacial score (nSPS) is 11.5. The fourth-order valence-corrected chi connectivity index (χ4v) is 4.74. The molecule has 0 unspecified atom stereocenters. The molecule has 0 bridgehead atoms. The number of carbonyl (C=O) groups excluding carboxylic acids is 1. The van der Waals surface area contributed by atoms with Crippen LogP contribution in [-0.2, 0) is 12.8 Å². The van der Waals surface area contributed by atoms with Gasteiger partial charge < -0.3 is 0 Å². The molecule has 0 atom stereocenters. The van der Waals surface area contributed by atoms with Crippen LogP contribution in [0.3, 0.4) is 0 Å². The Morgan fingerprint density at radius 3 is 1.49 bits per heavy atom. The fraction of sp³-hybridized carbons (Fsp3) is 0.361. The van der Waals surface area contributed by atoms with Crippen molar-refractivity contribution in [3.8, 4) is 0 Å². The van der Waals surface area contributed by atoms with E-state index in [4.69, 9.17) is 0 Å². The Labute approximate surface area is 225 Å². The number of aryl methyl sites for hydroxylation is 3. The summed E-state index contributed by atoms with van der Waals surface area (Å²) in [7, 11) is 0. The fourth-order valence-electron chi connectivity index (χ4n) is 4.74. The van der Waals surface area contributed by atoms with Crippen molar-refractivity contribution in [1.82, 2.24) is 0 Å². The van der Waals surface area contributed by atoms with Gasteiger partial charge in [0.2, 0.25) is 0 Å². The highest BCUT2D eigenvalue weighted by atomic mass is 16.1. The van der Waals surface area contributed by atoms with Crippen LogP contribution in [-0.4, -0.2) is 6.29 Å². The maximum atomic E-state index is 10.8. The Bertz CT molecular complexity index is 1150. The minimum Gasteiger partial charge on any atom is -0.298 e. The molecule has 0 aromatic heterocycles. The maximum absolute atomic E-state index is 10.8. The van der Waals surface area contributed by atoms with Crippen LogP contribution in [0, 0.1) is 6.92 Å². The highest BCUT2D eigenvalue weighted by molar-refractivity contribution is 5.77. The monoisotopic (exact) mass is 492 g/mol. The molecule has 0 fully saturated rings. The molecular formula is C36H44O. The van der Waals surface area contributed by atoms with E-state index < -0.39 is 0 Å². The lowest BCUT2D eigenvalue weighted by Gasteiger charge is -2.13. The topological polar surface area (TPSA) is 17.1 Å². The van der Waals surface area contributed by atoms with Gasteiger partial charge in [-0.15, -0.1) is 0 Å². The van der Waals surface area contributed by atoms with Gasteiger partial charge >= 0.3 is 0 Å². The number of aldehydes is 1. The zero-order chi connectivity index (χ0) is 26.3. The zero-order valence-corrected chi connectivity index (χ0v) is 23.1. The number of benzene rings is 3. The van der Waals surface area contributed by atoms with Crippen LogP contribution < -0.4 is 0 Å². The lowest BCUT2D eigenvalue weighted by molar-refractivity contribution is 0.112. The summed E-state index contributed by atoms with van der Waals surface area (Å²) >= 11 is 0. The number of rotatable bonds is 15. The number of unbranched alkanes of at least 4 members (excludes halogenated alkanes) is 6. The van der Waals surface area contributed by atoms with Gasteiger partial charge in [-0.1, -0.05) is 137 Å². The summed E-state index contributed by atoms with van der Waals surface area (Å²) in [6.07, 6.45) is 22.4. The van der Waals surface area contributed by atoms with Crippen molar-refractivity contribution in [2.75, 3.05) is 0 Å². The van der Waals surface area contributed by atoms with E-state index in [0.717, 1.165) is 23.8 Å². The van der Waals surface area contributed by atoms with E-state index in [1.54, 1.807) is 0 Å². The van der Waals surface area contributed by atoms with Gasteiger partial charge in [0, 0.05) is 5.56 Å². The van der Waals surface area contributed by atoms with E-state index >= 15 is 0 Å². The van der Waals surface area contributed by atoms with Crippen LogP contribution in [0.2, 0.25) is 0 Å². The van der Waals surface area contributed by atoms with E-state index in [-0.39, 0.29) is 0 Å². The summed E-state index contributed by atoms with van der Waals surface area (Å²) in [6.45, 7) is 6.85. The molecule has 1 heteroatoms. The Morgan fingerprint density at radius 2 is 1.00 bits per heavy atom. The molecule has 0 radical (unpaired) electrons. The molecule has 3 rings (SSSR count). The number of hydrogen-bond acceptors (Lipinski definition) is 1. The Hall–Kier alpha value is -3.19. The van der Waals surface area contributed by atoms with Gasteiger partial charge in [-0.05, 0) is 71.6 Å². The molecule has 0 aliphatic heterocycles. The van der Waals surface area contributed by atoms with Crippen molar-refractivity contribution in [3.63, 3.8) is 0 Å². The first-order valence-corrected chi connectivity index (χ1v) is 14.3. The first-order valence-electron chi connectivity index (χ1n) is 14.3. The molecule has 1 nitrogen and oxygen atoms in total. The second-order valence-corrected chi connectivity index (χ2v) is 10.2. The molecule has 194 valence electrons. The predicted molar refractivity (Wildman–Crippen MR) is 163 cm³/mol. The number of carbonyl (C=O) groups is 1. The second-order valence-electron chi connectivity index (χ2n) is 10.2. The summed E-state index contributed by atoms with van der Waals surface area (Å²) in [5.74, 6) is 0. The van der Waals surface area contributed by atoms with Crippen molar-refractivity contribution in [1.29, 1.82) is 0 Å². The standard InChI is InChI=1S/C36H44O/c1-4-6-8-10-12-34-27-36(35(26-29(34)3)13-11-9-7-5-2)25-24-32-18-16-30(17-19-32)14-15-31-20-22-33(28-37)23-21-31/h14-28H,4-13H2,1-3H3/b15-14+,25-24+. The van der Waals surface area contributed by atoms with E-state index in [1.807, 2.05) is 24.3 Å². The average Bonchev–Trinajstić information content (AvgIpc) is 2.93. The molecule has 0 aliphatic carbocycles. The summed E-state index contributed by atoms with van der Waals surface area (Å²) in [6, 6.07) is 21.2. The molecule has 0 N–H and O–H groups in total. The van der Waals surface area contributed by atoms with Crippen LogP contribution in [0.25, 0.3) is 24.3 Å². The van der Waals surface area contributed by atoms with Crippen LogP contribution in [0.4, 0.5) is 0 Å². The van der Waals surface area contributed by atoms with E-state index in [2.05, 4.69) is 81.5 Å². The predicted octanol–water partition coefficient (Wildman–Crippen LogP) is 10.4. The third-order valence-electron chi connectivity index (χ3n) is 7.13. The van der Waals surface area contributed by atoms with Crippen LogP contribution >= 0.6 is 0 Å². The van der Waals surface area contributed by atoms with Gasteiger partial charge in [0.1, 0.15) is 6.29 Å². The summed E-state index contributed by atoms with van der Waals surface area (Å²) in [5.41, 5.74) is 10.0. The Morgan fingerprint density at radius 1 is 0.541 bits per heavy atom. The van der Waals surface area contributed by atoms with Crippen molar-refractivity contribution in [3.05, 3.63) is 105 Å². The molecule has 3 aromatic rings. The van der Waals surface area contributed by atoms with Gasteiger partial charge in [0.15, 0.2) is 0 Å². The van der Waals surface area contributed by atoms with E-state index in [0.29, 0.717) is 5.56 Å². The van der Waals surface area contributed by atoms with Crippen molar-refractivity contribution < 1.29 is 4.79 Å². The second kappa shape index (κ2) is 15.8. The molecule has 0 amide bonds. The molecular weight excluding hydrogens is 448 g/mol. The van der Waals surface area contributed by atoms with Gasteiger partial charge in [-0.25, -0.2) is 0 Å². The highest BCUT2D eigenvalue weighted by Crippen LogP contribution is 2.24. The molecule has 3 aromatic carbocycles. The van der Waals surface area contributed by atoms with Gasteiger partial charge in [0.05, 0.1) is 0 Å². The molecule has 0 saturated heterocycles. The summed E-state index contributed by atoms with van der Waals surface area (Å²) in [5, 5.41) is 0. The maximum Gasteiger partial charge on any atom is 0.150 e. The van der Waals surface area contributed by atoms with Gasteiger partial charge in [-0.2, -0.15) is 0 Å². The quantitative estimate of drug-likeness (QED) is 0.117. The van der Waals surface area contributed by atoms with Crippen molar-refractivity contribution in [2.24, 2.45) is 0 Å². The van der Waals surface area contributed by atoms with Crippen LogP contribution in [0.1, 0.15) is 115 Å². The smallest absolute Gasteiger partial charge is 0.150 e. The molecule has 0 aliphatic rings. The highest BCUT2D eigenvalue weighted by Gasteiger charge is 2.07. The van der Waals surface area contributed by atoms with Gasteiger partial charge in [-0.3, -0.25) is 4.79 Å². The number of hydrogen-bond donors (Lipinski definition) is 0. The summed E-state index contributed by atoms with van der Waals surface area (Å²) in [4.78, 5) is 10.8. The zero-order valence-electron chi connectivity index (χ0n) is 23.1. The van der Waals surface area contributed by atoms with Crippen molar-refractivity contribution >= 4 is 30.6 Å². The average molecular weight is 493 g/mol. The Balaban J connectivity index is 1.72.